The molecule has 0 radical (unpaired) electrons. The molecule has 3 atom stereocenters. The number of rotatable bonds is 2. The summed E-state index contributed by atoms with van der Waals surface area (Å²) in [7, 11) is 0. The molecule has 11 heavy (non-hydrogen) atoms. The smallest absolute Gasteiger partial charge is 0.237 e. The first kappa shape index (κ1) is 8.06. The number of hydrogen-bond acceptors (Lipinski definition) is 2. The first-order valence-corrected chi connectivity index (χ1v) is 3.85. The highest BCUT2D eigenvalue weighted by molar-refractivity contribution is 5.81. The molecular formula is C8H12N2O. The van der Waals surface area contributed by atoms with Crippen LogP contribution in [0.4, 0.5) is 0 Å². The van der Waals surface area contributed by atoms with Crippen LogP contribution in [0.3, 0.4) is 0 Å². The van der Waals surface area contributed by atoms with Crippen LogP contribution < -0.4 is 5.32 Å². The fourth-order valence-electron chi connectivity index (χ4n) is 0.890. The van der Waals surface area contributed by atoms with Crippen LogP contribution in [0.1, 0.15) is 20.3 Å². The van der Waals surface area contributed by atoms with Crippen molar-refractivity contribution in [3.8, 4) is 6.07 Å². The van der Waals surface area contributed by atoms with E-state index in [1.165, 1.54) is 0 Å². The van der Waals surface area contributed by atoms with Crippen molar-refractivity contribution in [3.63, 3.8) is 0 Å². The summed E-state index contributed by atoms with van der Waals surface area (Å²) in [6, 6.07) is 2.23. The van der Waals surface area contributed by atoms with E-state index < -0.39 is 5.92 Å². The molecule has 0 saturated heterocycles. The van der Waals surface area contributed by atoms with Crippen LogP contribution in [0.25, 0.3) is 0 Å². The van der Waals surface area contributed by atoms with E-state index in [0.29, 0.717) is 12.0 Å². The summed E-state index contributed by atoms with van der Waals surface area (Å²) in [5.74, 6) is -0.0468. The minimum Gasteiger partial charge on any atom is -0.352 e. The minimum absolute atomic E-state index is 0.137. The molecule has 0 aliphatic heterocycles. The number of hydrogen-bond donors (Lipinski definition) is 1. The third kappa shape index (κ3) is 1.94. The van der Waals surface area contributed by atoms with Gasteiger partial charge in [-0.2, -0.15) is 5.26 Å². The van der Waals surface area contributed by atoms with Gasteiger partial charge in [0.15, 0.2) is 0 Å². The topological polar surface area (TPSA) is 52.9 Å². The first-order valence-electron chi connectivity index (χ1n) is 3.85. The standard InChI is InChI=1S/C8H12N2O/c1-5-3-7(5)10-8(11)6(2)4-9/h5-7H,3H2,1-2H3,(H,10,11). The van der Waals surface area contributed by atoms with Crippen LogP contribution in [0.2, 0.25) is 0 Å². The van der Waals surface area contributed by atoms with Gasteiger partial charge in [0, 0.05) is 6.04 Å². The van der Waals surface area contributed by atoms with E-state index in [0.717, 1.165) is 6.42 Å². The van der Waals surface area contributed by atoms with E-state index in [2.05, 4.69) is 12.2 Å². The minimum atomic E-state index is -0.511. The summed E-state index contributed by atoms with van der Waals surface area (Å²) in [6.45, 7) is 3.70. The largest absolute Gasteiger partial charge is 0.352 e. The number of nitrogens with one attached hydrogen (secondary N) is 1. The molecule has 0 spiro atoms. The molecular weight excluding hydrogens is 140 g/mol. The van der Waals surface area contributed by atoms with Gasteiger partial charge in [0.05, 0.1) is 6.07 Å². The molecule has 0 bridgehead atoms. The summed E-state index contributed by atoms with van der Waals surface area (Å²) >= 11 is 0. The molecule has 3 unspecified atom stereocenters. The van der Waals surface area contributed by atoms with E-state index in [1.54, 1.807) is 6.92 Å². The molecule has 1 aliphatic carbocycles. The maximum absolute atomic E-state index is 11.0. The Balaban J connectivity index is 2.28. The molecule has 1 N–H and O–H groups in total. The van der Waals surface area contributed by atoms with Gasteiger partial charge in [0.1, 0.15) is 5.92 Å². The molecule has 0 aromatic rings. The van der Waals surface area contributed by atoms with Crippen molar-refractivity contribution in [2.75, 3.05) is 0 Å². The van der Waals surface area contributed by atoms with Crippen molar-refractivity contribution in [3.05, 3.63) is 0 Å². The Labute approximate surface area is 66.4 Å². The highest BCUT2D eigenvalue weighted by Gasteiger charge is 2.34. The van der Waals surface area contributed by atoms with Crippen LogP contribution >= 0.6 is 0 Å². The van der Waals surface area contributed by atoms with Crippen LogP contribution in [0, 0.1) is 23.2 Å². The molecule has 1 aliphatic rings. The number of carbonyl (C=O) groups excluding carboxylic acids is 1. The first-order chi connectivity index (χ1) is 5.15. The molecule has 1 fully saturated rings. The summed E-state index contributed by atoms with van der Waals surface area (Å²) in [5.41, 5.74) is 0. The van der Waals surface area contributed by atoms with E-state index in [-0.39, 0.29) is 5.91 Å². The zero-order chi connectivity index (χ0) is 8.43. The van der Waals surface area contributed by atoms with Gasteiger partial charge in [-0.05, 0) is 19.3 Å². The van der Waals surface area contributed by atoms with E-state index in [4.69, 9.17) is 5.26 Å². The molecule has 0 heterocycles. The summed E-state index contributed by atoms with van der Waals surface area (Å²) in [6.07, 6.45) is 1.06. The SMILES string of the molecule is CC(C#N)C(=O)NC1CC1C. The predicted octanol–water partition coefficient (Wildman–Crippen LogP) is 0.671. The third-order valence-corrected chi connectivity index (χ3v) is 2.02. The molecule has 1 amide bonds. The Kier molecular flexibility index (Phi) is 2.13. The zero-order valence-corrected chi connectivity index (χ0v) is 6.79. The quantitative estimate of drug-likeness (QED) is 0.632. The maximum Gasteiger partial charge on any atom is 0.237 e. The van der Waals surface area contributed by atoms with Crippen LogP contribution in [0.15, 0.2) is 0 Å². The van der Waals surface area contributed by atoms with Gasteiger partial charge < -0.3 is 5.32 Å². The second kappa shape index (κ2) is 2.91. The van der Waals surface area contributed by atoms with Gasteiger partial charge >= 0.3 is 0 Å². The molecule has 0 aromatic heterocycles. The van der Waals surface area contributed by atoms with Crippen molar-refractivity contribution in [2.24, 2.45) is 11.8 Å². The van der Waals surface area contributed by atoms with E-state index >= 15 is 0 Å². The second-order valence-electron chi connectivity index (χ2n) is 3.18. The zero-order valence-electron chi connectivity index (χ0n) is 6.79. The molecule has 0 aromatic carbocycles. The summed E-state index contributed by atoms with van der Waals surface area (Å²) in [4.78, 5) is 11.0. The number of nitrogens with zero attached hydrogens (tertiary/aromatic N) is 1. The predicted molar refractivity (Wildman–Crippen MR) is 40.5 cm³/mol. The lowest BCUT2D eigenvalue weighted by Gasteiger charge is -2.03. The van der Waals surface area contributed by atoms with Gasteiger partial charge in [-0.1, -0.05) is 6.92 Å². The average Bonchev–Trinajstić information content (AvgIpc) is 2.65. The van der Waals surface area contributed by atoms with Gasteiger partial charge in [0.2, 0.25) is 5.91 Å². The van der Waals surface area contributed by atoms with Crippen molar-refractivity contribution >= 4 is 5.91 Å². The fourth-order valence-corrected chi connectivity index (χ4v) is 0.890. The average molecular weight is 152 g/mol. The van der Waals surface area contributed by atoms with Gasteiger partial charge in [0.25, 0.3) is 0 Å². The van der Waals surface area contributed by atoms with Gasteiger partial charge in [-0.25, -0.2) is 0 Å². The summed E-state index contributed by atoms with van der Waals surface area (Å²) < 4.78 is 0. The normalized spacial score (nSPS) is 30.3. The Bertz CT molecular complexity index is 207. The number of nitriles is 1. The Hall–Kier alpha value is -1.04. The monoisotopic (exact) mass is 152 g/mol. The lowest BCUT2D eigenvalue weighted by atomic mass is 10.2. The van der Waals surface area contributed by atoms with Crippen LogP contribution in [0.5, 0.6) is 0 Å². The second-order valence-corrected chi connectivity index (χ2v) is 3.18. The van der Waals surface area contributed by atoms with Crippen molar-refractivity contribution < 1.29 is 4.79 Å². The number of amides is 1. The molecule has 60 valence electrons. The van der Waals surface area contributed by atoms with Crippen molar-refractivity contribution in [1.29, 1.82) is 5.26 Å². The lowest BCUT2D eigenvalue weighted by Crippen LogP contribution is -2.30. The van der Waals surface area contributed by atoms with Crippen LogP contribution in [-0.4, -0.2) is 11.9 Å². The van der Waals surface area contributed by atoms with Gasteiger partial charge in [-0.15, -0.1) is 0 Å². The highest BCUT2D eigenvalue weighted by atomic mass is 16.1. The third-order valence-electron chi connectivity index (χ3n) is 2.02. The van der Waals surface area contributed by atoms with E-state index in [1.807, 2.05) is 6.07 Å². The molecule has 3 heteroatoms. The number of carbonyl (C=O) groups is 1. The van der Waals surface area contributed by atoms with Crippen molar-refractivity contribution in [2.45, 2.75) is 26.3 Å². The van der Waals surface area contributed by atoms with Crippen LogP contribution in [-0.2, 0) is 4.79 Å². The molecule has 3 nitrogen and oxygen atoms in total. The fraction of sp³-hybridized carbons (Fsp3) is 0.750. The van der Waals surface area contributed by atoms with E-state index in [9.17, 15) is 4.79 Å². The molecule has 1 saturated carbocycles. The highest BCUT2D eigenvalue weighted by Crippen LogP contribution is 2.29. The van der Waals surface area contributed by atoms with Gasteiger partial charge in [-0.3, -0.25) is 4.79 Å². The Morgan fingerprint density at radius 2 is 2.36 bits per heavy atom. The lowest BCUT2D eigenvalue weighted by molar-refractivity contribution is -0.123. The van der Waals surface area contributed by atoms with Crippen molar-refractivity contribution in [1.82, 2.24) is 5.32 Å². The Morgan fingerprint density at radius 1 is 1.82 bits per heavy atom. The maximum atomic E-state index is 11.0. The summed E-state index contributed by atoms with van der Waals surface area (Å²) in [5, 5.41) is 11.2. The Morgan fingerprint density at radius 3 is 2.73 bits per heavy atom. The molecule has 1 rings (SSSR count).